The molecule has 9 saturated carbocycles. The van der Waals surface area contributed by atoms with Crippen LogP contribution >= 0.6 is 0 Å². The van der Waals surface area contributed by atoms with Crippen LogP contribution in [0.4, 0.5) is 5.69 Å². The molecule has 9 aliphatic carbocycles. The number of hydrogen-bond acceptors (Lipinski definition) is 2. The predicted molar refractivity (Wildman–Crippen MR) is 258 cm³/mol. The molecule has 9 aliphatic rings. The molecular formula is C55H98N2O4. The van der Waals surface area contributed by atoms with E-state index in [4.69, 9.17) is 0 Å². The van der Waals surface area contributed by atoms with Crippen LogP contribution in [0.1, 0.15) is 219 Å². The summed E-state index contributed by atoms with van der Waals surface area (Å²) < 4.78 is 0. The van der Waals surface area contributed by atoms with Crippen LogP contribution < -0.4 is 10.2 Å². The lowest BCUT2D eigenvalue weighted by molar-refractivity contribution is -0.126. The third-order valence-corrected chi connectivity index (χ3v) is 19.6. The van der Waals surface area contributed by atoms with Crippen molar-refractivity contribution in [3.8, 4) is 0 Å². The van der Waals surface area contributed by atoms with Crippen molar-refractivity contribution in [2.24, 2.45) is 65.1 Å². The minimum absolute atomic E-state index is 0. The Kier molecular flexibility index (Phi) is 20.8. The second kappa shape index (κ2) is 24.9. The maximum absolute atomic E-state index is 4.22. The summed E-state index contributed by atoms with van der Waals surface area (Å²) in [6.07, 6.45) is 49.9. The van der Waals surface area contributed by atoms with Crippen LogP contribution in [0.25, 0.3) is 0 Å². The molecular weight excluding hydrogens is 753 g/mol. The zero-order valence-electron chi connectivity index (χ0n) is 39.3. The number of anilines is 1. The third kappa shape index (κ3) is 12.2. The molecule has 6 heteroatoms. The Morgan fingerprint density at radius 2 is 0.787 bits per heavy atom. The van der Waals surface area contributed by atoms with Crippen LogP contribution in [0.5, 0.6) is 0 Å². The van der Waals surface area contributed by atoms with Crippen molar-refractivity contribution in [1.82, 2.24) is 5.32 Å². The fraction of sp³-hybridized carbons (Fsp3) is 0.891. The maximum Gasteiger partial charge on any atom is 0.0371 e. The van der Waals surface area contributed by atoms with Crippen LogP contribution in [0.2, 0.25) is 0 Å². The second-order valence-corrected chi connectivity index (χ2v) is 22.8. The Hall–Kier alpha value is -1.18. The molecule has 0 aromatic heterocycles. The van der Waals surface area contributed by atoms with Gasteiger partial charge in [0.25, 0.3) is 0 Å². The summed E-state index contributed by atoms with van der Waals surface area (Å²) in [6, 6.07) is 15.0. The molecule has 0 spiro atoms. The summed E-state index contributed by atoms with van der Waals surface area (Å²) in [5.74, 6) is 11.7. The fourth-order valence-electron chi connectivity index (χ4n) is 17.1. The average Bonchev–Trinajstić information content (AvgIpc) is 3.27. The van der Waals surface area contributed by atoms with E-state index in [1.54, 1.807) is 77.0 Å². The van der Waals surface area contributed by atoms with Crippen LogP contribution in [0.3, 0.4) is 0 Å². The average molecular weight is 851 g/mol. The molecule has 61 heavy (non-hydrogen) atoms. The number of para-hydroxylation sites is 1. The number of fused-ring (bicyclic) bond motifs is 3. The van der Waals surface area contributed by atoms with Gasteiger partial charge in [-0.25, -0.2) is 0 Å². The van der Waals surface area contributed by atoms with Gasteiger partial charge in [0.1, 0.15) is 0 Å². The lowest BCUT2D eigenvalue weighted by atomic mass is 9.43. The molecule has 0 saturated heterocycles. The van der Waals surface area contributed by atoms with Gasteiger partial charge in [0.05, 0.1) is 0 Å². The van der Waals surface area contributed by atoms with Crippen molar-refractivity contribution in [2.45, 2.75) is 243 Å². The van der Waals surface area contributed by atoms with E-state index < -0.39 is 0 Å². The fourth-order valence-corrected chi connectivity index (χ4v) is 17.1. The topological polar surface area (TPSA) is 141 Å². The summed E-state index contributed by atoms with van der Waals surface area (Å²) in [4.78, 5) is 2.99. The zero-order valence-corrected chi connectivity index (χ0v) is 39.3. The number of rotatable bonds is 7. The molecule has 1 aromatic rings. The lowest BCUT2D eigenvalue weighted by Gasteiger charge is -2.62. The van der Waals surface area contributed by atoms with Crippen LogP contribution in [-0.4, -0.2) is 46.1 Å². The van der Waals surface area contributed by atoms with E-state index in [-0.39, 0.29) is 21.9 Å². The normalized spacial score (nSPS) is 38.4. The van der Waals surface area contributed by atoms with Crippen molar-refractivity contribution in [3.05, 3.63) is 30.3 Å². The quantitative estimate of drug-likeness (QED) is 0.292. The van der Waals surface area contributed by atoms with Crippen molar-refractivity contribution < 1.29 is 21.9 Å². The van der Waals surface area contributed by atoms with E-state index in [1.807, 2.05) is 0 Å². The Labute approximate surface area is 374 Å². The molecule has 0 bridgehead atoms. The van der Waals surface area contributed by atoms with Crippen LogP contribution in [-0.2, 0) is 0 Å². The lowest BCUT2D eigenvalue weighted by Crippen LogP contribution is -2.55. The minimum atomic E-state index is 0. The molecule has 0 heterocycles. The minimum Gasteiger partial charge on any atom is -0.412 e. The number of benzene rings is 1. The Balaban J connectivity index is 0.000000585. The van der Waals surface area contributed by atoms with Gasteiger partial charge in [-0.1, -0.05) is 134 Å². The van der Waals surface area contributed by atoms with E-state index in [2.05, 4.69) is 47.5 Å². The SMILES string of the molecule is CC1CCCCC1.O.O.O.O.c1ccc(N(C2CCCCC2)C2CCC(C3C4CCCCC4CC4C3CC3CCCCC3C4C3CCC(NC4CCCCC4)CC3)CC2)cc1. The molecule has 0 radical (unpaired) electrons. The van der Waals surface area contributed by atoms with Gasteiger partial charge in [0, 0.05) is 29.9 Å². The standard InChI is InChI=1S/C48H76N2.C7H14.4H2O/c1-4-16-38(17-5-1)49-39-28-24-34(25-29-39)47-43-22-12-10-14-36(43)33-46-45(47)32-37-15-11-13-23-44(37)48(46)35-26-30-42(31-27-35)50(40-18-6-2-7-19-40)41-20-8-3-9-21-41;1-7-5-3-2-4-6-7;;;;/h2,6-7,18-19,34-39,41-49H,1,3-5,8-17,20-33H2;7H,2-6H2,1H3;4*1H2. The number of hydrogen-bond donors (Lipinski definition) is 1. The summed E-state index contributed by atoms with van der Waals surface area (Å²) >= 11 is 0. The zero-order chi connectivity index (χ0) is 38.4. The van der Waals surface area contributed by atoms with Crippen LogP contribution in [0, 0.1) is 65.1 Å². The van der Waals surface area contributed by atoms with E-state index in [9.17, 15) is 0 Å². The van der Waals surface area contributed by atoms with Crippen molar-refractivity contribution in [1.29, 1.82) is 0 Å². The van der Waals surface area contributed by atoms with Gasteiger partial charge in [-0.15, -0.1) is 0 Å². The highest BCUT2D eigenvalue weighted by Crippen LogP contribution is 2.64. The number of nitrogens with one attached hydrogen (secondary N) is 1. The molecule has 0 amide bonds. The highest BCUT2D eigenvalue weighted by atomic mass is 16.0. The Bertz CT molecular complexity index is 1310. The summed E-state index contributed by atoms with van der Waals surface area (Å²) in [5.41, 5.74) is 1.54. The smallest absolute Gasteiger partial charge is 0.0371 e. The first kappa shape index (κ1) is 50.8. The van der Waals surface area contributed by atoms with Gasteiger partial charge in [0.2, 0.25) is 0 Å². The molecule has 0 aliphatic heterocycles. The van der Waals surface area contributed by atoms with Gasteiger partial charge in [-0.2, -0.15) is 0 Å². The number of nitrogens with zero attached hydrogens (tertiary/aromatic N) is 1. The Morgan fingerprint density at radius 3 is 1.28 bits per heavy atom. The van der Waals surface area contributed by atoms with E-state index in [1.165, 1.54) is 141 Å². The van der Waals surface area contributed by atoms with Gasteiger partial charge < -0.3 is 32.1 Å². The highest BCUT2D eigenvalue weighted by molar-refractivity contribution is 5.48. The van der Waals surface area contributed by atoms with Crippen molar-refractivity contribution in [2.75, 3.05) is 4.90 Å². The maximum atomic E-state index is 4.22. The third-order valence-electron chi connectivity index (χ3n) is 19.6. The highest BCUT2D eigenvalue weighted by Gasteiger charge is 2.56. The second-order valence-electron chi connectivity index (χ2n) is 22.8. The van der Waals surface area contributed by atoms with E-state index in [0.29, 0.717) is 0 Å². The Morgan fingerprint density at radius 1 is 0.377 bits per heavy atom. The van der Waals surface area contributed by atoms with Crippen LogP contribution in [0.15, 0.2) is 30.3 Å². The first-order chi connectivity index (χ1) is 28.2. The molecule has 8 atom stereocenters. The molecule has 9 fully saturated rings. The molecule has 9 N–H and O–H groups in total. The molecule has 352 valence electrons. The van der Waals surface area contributed by atoms with E-state index >= 15 is 0 Å². The van der Waals surface area contributed by atoms with Gasteiger partial charge >= 0.3 is 0 Å². The largest absolute Gasteiger partial charge is 0.412 e. The monoisotopic (exact) mass is 851 g/mol. The molecule has 6 nitrogen and oxygen atoms in total. The molecule has 1 aromatic carbocycles. The van der Waals surface area contributed by atoms with Gasteiger partial charge in [-0.3, -0.25) is 0 Å². The first-order valence-corrected chi connectivity index (χ1v) is 26.8. The summed E-state index contributed by atoms with van der Waals surface area (Å²) in [6.45, 7) is 2.36. The molecule has 10 rings (SSSR count). The first-order valence-electron chi connectivity index (χ1n) is 26.8. The summed E-state index contributed by atoms with van der Waals surface area (Å²) in [7, 11) is 0. The predicted octanol–water partition coefficient (Wildman–Crippen LogP) is 12.0. The van der Waals surface area contributed by atoms with Gasteiger partial charge in [0.15, 0.2) is 0 Å². The molecule has 8 unspecified atom stereocenters. The van der Waals surface area contributed by atoms with Crippen molar-refractivity contribution >= 4 is 5.69 Å². The summed E-state index contributed by atoms with van der Waals surface area (Å²) in [5, 5.41) is 4.22. The van der Waals surface area contributed by atoms with E-state index in [0.717, 1.165) is 89.3 Å². The van der Waals surface area contributed by atoms with Gasteiger partial charge in [-0.05, 0) is 180 Å². The van der Waals surface area contributed by atoms with Crippen molar-refractivity contribution in [3.63, 3.8) is 0 Å².